The summed E-state index contributed by atoms with van der Waals surface area (Å²) in [6.07, 6.45) is -5.19. The van der Waals surface area contributed by atoms with Crippen molar-refractivity contribution in [3.63, 3.8) is 0 Å². The van der Waals surface area contributed by atoms with Crippen molar-refractivity contribution in [2.24, 2.45) is 0 Å². The molecule has 0 aliphatic carbocycles. The normalized spacial score (nSPS) is 14.8. The molecule has 0 bridgehead atoms. The Morgan fingerprint density at radius 2 is 1.48 bits per heavy atom. The zero-order valence-corrected chi connectivity index (χ0v) is 12.0. The van der Waals surface area contributed by atoms with E-state index >= 15 is 0 Å². The van der Waals surface area contributed by atoms with Crippen LogP contribution >= 0.6 is 0 Å². The van der Waals surface area contributed by atoms with Gasteiger partial charge in [0, 0.05) is 5.54 Å². The van der Waals surface area contributed by atoms with Gasteiger partial charge in [-0.2, -0.15) is 13.2 Å². The number of aliphatic carboxylic acids is 1. The molecule has 1 atom stereocenters. The van der Waals surface area contributed by atoms with Gasteiger partial charge >= 0.3 is 18.2 Å². The second kappa shape index (κ2) is 6.19. The highest BCUT2D eigenvalue weighted by Gasteiger charge is 2.58. The number of alkyl halides is 3. The molecule has 0 radical (unpaired) electrons. The van der Waals surface area contributed by atoms with Crippen molar-refractivity contribution in [3.8, 4) is 0 Å². The summed E-state index contributed by atoms with van der Waals surface area (Å²) in [4.78, 5) is 33.4. The number of carboxylic acid groups (broad SMARTS) is 1. The predicted octanol–water partition coefficient (Wildman–Crippen LogP) is 0.606. The van der Waals surface area contributed by atoms with Crippen molar-refractivity contribution in [1.29, 1.82) is 0 Å². The number of carbonyl (C=O) groups excluding carboxylic acids is 2. The minimum Gasteiger partial charge on any atom is -0.479 e. The van der Waals surface area contributed by atoms with Crippen LogP contribution in [0.2, 0.25) is 0 Å². The molecule has 122 valence electrons. The van der Waals surface area contributed by atoms with Crippen molar-refractivity contribution in [2.75, 3.05) is 6.54 Å². The summed E-state index contributed by atoms with van der Waals surface area (Å²) >= 11 is 0. The average Bonchev–Trinajstić information content (AvgIpc) is 2.22. The largest absolute Gasteiger partial charge is 0.479 e. The van der Waals surface area contributed by atoms with Crippen LogP contribution in [0.5, 0.6) is 0 Å². The summed E-state index contributed by atoms with van der Waals surface area (Å²) in [5, 5.41) is 14.2. The van der Waals surface area contributed by atoms with Gasteiger partial charge in [-0.05, 0) is 27.7 Å². The third-order valence-corrected chi connectivity index (χ3v) is 2.28. The van der Waals surface area contributed by atoms with Gasteiger partial charge in [0.05, 0.1) is 6.54 Å². The summed E-state index contributed by atoms with van der Waals surface area (Å²) in [6.45, 7) is 4.75. The zero-order valence-electron chi connectivity index (χ0n) is 12.0. The van der Waals surface area contributed by atoms with Crippen molar-refractivity contribution in [2.45, 2.75) is 44.9 Å². The van der Waals surface area contributed by atoms with Crippen LogP contribution in [0, 0.1) is 0 Å². The molecule has 0 heterocycles. The number of carboxylic acids is 1. The Kier molecular flexibility index (Phi) is 5.60. The summed E-state index contributed by atoms with van der Waals surface area (Å²) < 4.78 is 37.9. The van der Waals surface area contributed by atoms with Gasteiger partial charge in [-0.15, -0.1) is 0 Å². The molecule has 0 aliphatic heterocycles. The SMILES string of the molecule is CC(C)(C)NC(=O)CNC(=O)NC(C)(C(=O)O)C(F)(F)F. The second-order valence-corrected chi connectivity index (χ2v) is 5.53. The van der Waals surface area contributed by atoms with Crippen molar-refractivity contribution < 1.29 is 32.7 Å². The van der Waals surface area contributed by atoms with Crippen molar-refractivity contribution >= 4 is 17.9 Å². The molecule has 0 saturated heterocycles. The average molecular weight is 313 g/mol. The van der Waals surface area contributed by atoms with Crippen LogP contribution in [-0.2, 0) is 9.59 Å². The molecule has 0 fully saturated rings. The van der Waals surface area contributed by atoms with Crippen LogP contribution in [0.15, 0.2) is 0 Å². The molecule has 0 saturated carbocycles. The lowest BCUT2D eigenvalue weighted by atomic mass is 10.0. The van der Waals surface area contributed by atoms with E-state index in [0.717, 1.165) is 0 Å². The molecular weight excluding hydrogens is 295 g/mol. The maximum Gasteiger partial charge on any atom is 0.422 e. The molecule has 0 rings (SSSR count). The minimum absolute atomic E-state index is 0.310. The van der Waals surface area contributed by atoms with Crippen LogP contribution in [0.4, 0.5) is 18.0 Å². The van der Waals surface area contributed by atoms with Gasteiger partial charge in [-0.3, -0.25) is 4.79 Å². The Hall–Kier alpha value is -2.00. The van der Waals surface area contributed by atoms with Gasteiger partial charge in [-0.1, -0.05) is 0 Å². The number of amides is 3. The standard InChI is InChI=1S/C11H18F3N3O4/c1-9(2,3)16-6(18)5-15-8(21)17-10(4,7(19)20)11(12,13)14/h5H2,1-4H3,(H,16,18)(H,19,20)(H2,15,17,21). The zero-order chi connectivity index (χ0) is 17.1. The predicted molar refractivity (Wildman–Crippen MR) is 66.5 cm³/mol. The number of hydrogen-bond donors (Lipinski definition) is 4. The molecule has 0 aromatic rings. The quantitative estimate of drug-likeness (QED) is 0.610. The van der Waals surface area contributed by atoms with E-state index in [2.05, 4.69) is 5.32 Å². The maximum absolute atomic E-state index is 12.6. The number of rotatable bonds is 4. The lowest BCUT2D eigenvalue weighted by molar-refractivity contribution is -0.203. The van der Waals surface area contributed by atoms with E-state index in [1.54, 1.807) is 20.8 Å². The lowest BCUT2D eigenvalue weighted by Gasteiger charge is -2.28. The smallest absolute Gasteiger partial charge is 0.422 e. The molecule has 3 amide bonds. The number of carbonyl (C=O) groups is 3. The fourth-order valence-corrected chi connectivity index (χ4v) is 1.14. The van der Waals surface area contributed by atoms with E-state index in [1.165, 1.54) is 5.32 Å². The highest BCUT2D eigenvalue weighted by atomic mass is 19.4. The molecule has 10 heteroatoms. The van der Waals surface area contributed by atoms with E-state index in [1.807, 2.05) is 5.32 Å². The van der Waals surface area contributed by atoms with Gasteiger partial charge in [0.25, 0.3) is 0 Å². The van der Waals surface area contributed by atoms with Gasteiger partial charge in [0.15, 0.2) is 0 Å². The van der Waals surface area contributed by atoms with Gasteiger partial charge in [0.1, 0.15) is 0 Å². The Morgan fingerprint density at radius 1 is 1.00 bits per heavy atom. The third-order valence-electron chi connectivity index (χ3n) is 2.28. The first-order valence-corrected chi connectivity index (χ1v) is 5.86. The molecule has 7 nitrogen and oxygen atoms in total. The summed E-state index contributed by atoms with van der Waals surface area (Å²) in [7, 11) is 0. The van der Waals surface area contributed by atoms with Gasteiger partial charge < -0.3 is 21.1 Å². The minimum atomic E-state index is -5.19. The number of urea groups is 1. The number of hydrogen-bond acceptors (Lipinski definition) is 3. The lowest BCUT2D eigenvalue weighted by Crippen LogP contribution is -2.64. The first-order chi connectivity index (χ1) is 9.19. The van der Waals surface area contributed by atoms with Gasteiger partial charge in [0.2, 0.25) is 11.4 Å². The van der Waals surface area contributed by atoms with Crippen molar-refractivity contribution in [1.82, 2.24) is 16.0 Å². The summed E-state index contributed by atoms with van der Waals surface area (Å²) in [6, 6.07) is -1.42. The highest BCUT2D eigenvalue weighted by Crippen LogP contribution is 2.30. The Labute approximate surface area is 119 Å². The van der Waals surface area contributed by atoms with E-state index < -0.39 is 41.7 Å². The monoisotopic (exact) mass is 313 g/mol. The fourth-order valence-electron chi connectivity index (χ4n) is 1.14. The van der Waals surface area contributed by atoms with E-state index in [0.29, 0.717) is 6.92 Å². The van der Waals surface area contributed by atoms with E-state index in [-0.39, 0.29) is 0 Å². The molecule has 0 aliphatic rings. The molecule has 0 aromatic heterocycles. The molecular formula is C11H18F3N3O4. The molecule has 0 spiro atoms. The number of halogens is 3. The Morgan fingerprint density at radius 3 is 1.81 bits per heavy atom. The Balaban J connectivity index is 4.63. The number of nitrogens with one attached hydrogen (secondary N) is 3. The van der Waals surface area contributed by atoms with Crippen LogP contribution < -0.4 is 16.0 Å². The molecule has 1 unspecified atom stereocenters. The Bertz CT molecular complexity index is 431. The van der Waals surface area contributed by atoms with Crippen molar-refractivity contribution in [3.05, 3.63) is 0 Å². The first-order valence-electron chi connectivity index (χ1n) is 5.86. The maximum atomic E-state index is 12.6. The van der Waals surface area contributed by atoms with Gasteiger partial charge in [-0.25, -0.2) is 9.59 Å². The second-order valence-electron chi connectivity index (χ2n) is 5.53. The van der Waals surface area contributed by atoms with E-state index in [9.17, 15) is 27.6 Å². The first kappa shape index (κ1) is 19.0. The highest BCUT2D eigenvalue weighted by molar-refractivity contribution is 5.89. The fraction of sp³-hybridized carbons (Fsp3) is 0.727. The summed E-state index contributed by atoms with van der Waals surface area (Å²) in [5.41, 5.74) is -4.02. The topological polar surface area (TPSA) is 108 Å². The van der Waals surface area contributed by atoms with Crippen LogP contribution in [0.1, 0.15) is 27.7 Å². The molecule has 4 N–H and O–H groups in total. The third kappa shape index (κ3) is 5.88. The van der Waals surface area contributed by atoms with Crippen LogP contribution in [-0.4, -0.2) is 46.8 Å². The summed E-state index contributed by atoms with van der Waals surface area (Å²) in [5.74, 6) is -2.88. The molecule has 0 aromatic carbocycles. The van der Waals surface area contributed by atoms with E-state index in [4.69, 9.17) is 5.11 Å². The van der Waals surface area contributed by atoms with Crippen LogP contribution in [0.3, 0.4) is 0 Å². The van der Waals surface area contributed by atoms with Crippen LogP contribution in [0.25, 0.3) is 0 Å². The molecule has 21 heavy (non-hydrogen) atoms.